The maximum atomic E-state index is 11.9. The van der Waals surface area contributed by atoms with Gasteiger partial charge in [-0.2, -0.15) is 0 Å². The number of benzene rings is 2. The molecule has 0 radical (unpaired) electrons. The Kier molecular flexibility index (Phi) is 14.2. The van der Waals surface area contributed by atoms with E-state index in [0.717, 1.165) is 25.3 Å². The molecule has 1 aliphatic carbocycles. The largest absolute Gasteiger partial charge is 0.480 e. The first-order chi connectivity index (χ1) is 17.5. The van der Waals surface area contributed by atoms with Gasteiger partial charge in [-0.25, -0.2) is 0 Å². The molecule has 1 saturated heterocycles. The zero-order chi connectivity index (χ0) is 25.3. The van der Waals surface area contributed by atoms with Gasteiger partial charge in [-0.05, 0) is 92.8 Å². The molecule has 0 spiro atoms. The minimum atomic E-state index is -0.710. The van der Waals surface area contributed by atoms with Crippen LogP contribution in [0.4, 0.5) is 0 Å². The molecule has 2 N–H and O–H groups in total. The van der Waals surface area contributed by atoms with Gasteiger partial charge in [0.25, 0.3) is 0 Å². The summed E-state index contributed by atoms with van der Waals surface area (Å²) in [6.45, 7) is 7.76. The van der Waals surface area contributed by atoms with Gasteiger partial charge >= 0.3 is 5.97 Å². The molecule has 4 atom stereocenters. The molecule has 4 rings (SSSR count). The van der Waals surface area contributed by atoms with Crippen LogP contribution in [0.3, 0.4) is 0 Å². The van der Waals surface area contributed by atoms with E-state index < -0.39 is 12.0 Å². The molecule has 0 aromatic heterocycles. The van der Waals surface area contributed by atoms with Crippen LogP contribution in [0.2, 0.25) is 0 Å². The molecule has 0 amide bonds. The molecule has 1 saturated carbocycles. The van der Waals surface area contributed by atoms with Crippen LogP contribution in [-0.2, 0) is 11.2 Å². The first-order valence-corrected chi connectivity index (χ1v) is 14.3. The van der Waals surface area contributed by atoms with Gasteiger partial charge in [0.2, 0.25) is 0 Å². The number of nitrogens with zero attached hydrogens (tertiary/aromatic N) is 1. The number of nitrogens with one attached hydrogen (secondary N) is 1. The first kappa shape index (κ1) is 32.6. The van der Waals surface area contributed by atoms with Crippen molar-refractivity contribution in [1.82, 2.24) is 10.2 Å². The lowest BCUT2D eigenvalue weighted by molar-refractivity contribution is -0.140. The number of halogens is 2. The van der Waals surface area contributed by atoms with Crippen LogP contribution in [0.25, 0.3) is 0 Å². The Balaban J connectivity index is 0.00000253. The Hall–Kier alpha value is -1.59. The van der Waals surface area contributed by atoms with Crippen molar-refractivity contribution >= 4 is 30.8 Å². The zero-order valence-corrected chi connectivity index (χ0v) is 24.8. The van der Waals surface area contributed by atoms with Crippen molar-refractivity contribution in [3.63, 3.8) is 0 Å². The van der Waals surface area contributed by atoms with E-state index in [-0.39, 0.29) is 30.9 Å². The van der Waals surface area contributed by atoms with Crippen LogP contribution in [0.5, 0.6) is 0 Å². The number of hydrogen-bond acceptors (Lipinski definition) is 3. The van der Waals surface area contributed by atoms with Crippen molar-refractivity contribution in [3.8, 4) is 0 Å². The van der Waals surface area contributed by atoms with Crippen molar-refractivity contribution in [2.75, 3.05) is 19.6 Å². The number of carbonyl (C=O) groups is 1. The first-order valence-electron chi connectivity index (χ1n) is 14.3. The second-order valence-electron chi connectivity index (χ2n) is 11.8. The Labute approximate surface area is 242 Å². The maximum Gasteiger partial charge on any atom is 0.320 e. The minimum Gasteiger partial charge on any atom is -0.480 e. The van der Waals surface area contributed by atoms with Crippen molar-refractivity contribution in [2.45, 2.75) is 83.2 Å². The monoisotopic (exact) mass is 562 g/mol. The summed E-state index contributed by atoms with van der Waals surface area (Å²) in [7, 11) is 0. The van der Waals surface area contributed by atoms with Gasteiger partial charge in [0, 0.05) is 12.6 Å². The third-order valence-electron chi connectivity index (χ3n) is 8.49. The van der Waals surface area contributed by atoms with Crippen LogP contribution in [-0.4, -0.2) is 47.7 Å². The summed E-state index contributed by atoms with van der Waals surface area (Å²) < 4.78 is 0. The number of aryl methyl sites for hydroxylation is 1. The van der Waals surface area contributed by atoms with Crippen LogP contribution >= 0.6 is 24.8 Å². The molecule has 212 valence electrons. The highest BCUT2D eigenvalue weighted by Gasteiger charge is 2.38. The number of carboxylic acid groups (broad SMARTS) is 1. The van der Waals surface area contributed by atoms with E-state index in [1.54, 1.807) is 0 Å². The van der Waals surface area contributed by atoms with Crippen molar-refractivity contribution in [3.05, 3.63) is 71.8 Å². The molecule has 2 aliphatic rings. The second-order valence-corrected chi connectivity index (χ2v) is 11.8. The average Bonchev–Trinajstić information content (AvgIpc) is 3.27. The van der Waals surface area contributed by atoms with E-state index in [2.05, 4.69) is 84.7 Å². The quantitative estimate of drug-likeness (QED) is 0.286. The summed E-state index contributed by atoms with van der Waals surface area (Å²) in [5, 5.41) is 13.3. The highest BCUT2D eigenvalue weighted by atomic mass is 35.5. The molecule has 38 heavy (non-hydrogen) atoms. The Morgan fingerprint density at radius 2 is 1.61 bits per heavy atom. The highest BCUT2D eigenvalue weighted by molar-refractivity contribution is 5.85. The number of aliphatic carboxylic acids is 1. The summed E-state index contributed by atoms with van der Waals surface area (Å²) in [4.78, 5) is 14.6. The van der Waals surface area contributed by atoms with E-state index in [1.807, 2.05) is 0 Å². The van der Waals surface area contributed by atoms with Crippen LogP contribution in [0.15, 0.2) is 60.7 Å². The van der Waals surface area contributed by atoms with E-state index in [9.17, 15) is 9.90 Å². The SMILES string of the molecule is CC(C)C[C@@H](NC1CC(CN2CCC(CCCc3ccccc3)CC2)C(c2ccccc2)C1)C(=O)O.Cl.Cl. The molecular weight excluding hydrogens is 515 g/mol. The number of rotatable bonds is 12. The van der Waals surface area contributed by atoms with Crippen LogP contribution in [0, 0.1) is 17.8 Å². The van der Waals surface area contributed by atoms with Gasteiger partial charge in [-0.15, -0.1) is 24.8 Å². The van der Waals surface area contributed by atoms with E-state index >= 15 is 0 Å². The molecule has 3 unspecified atom stereocenters. The Morgan fingerprint density at radius 1 is 0.974 bits per heavy atom. The molecule has 1 aliphatic heterocycles. The lowest BCUT2D eigenvalue weighted by Crippen LogP contribution is -2.43. The van der Waals surface area contributed by atoms with Crippen LogP contribution < -0.4 is 5.32 Å². The molecule has 2 fully saturated rings. The van der Waals surface area contributed by atoms with E-state index in [1.165, 1.54) is 56.3 Å². The maximum absolute atomic E-state index is 11.9. The predicted molar refractivity (Wildman–Crippen MR) is 163 cm³/mol. The number of carboxylic acids is 1. The van der Waals surface area contributed by atoms with Crippen molar-refractivity contribution in [2.24, 2.45) is 17.8 Å². The van der Waals surface area contributed by atoms with Gasteiger partial charge in [-0.3, -0.25) is 4.79 Å². The summed E-state index contributed by atoms with van der Waals surface area (Å²) >= 11 is 0. The number of piperidine rings is 1. The van der Waals surface area contributed by atoms with Gasteiger partial charge in [0.1, 0.15) is 6.04 Å². The predicted octanol–water partition coefficient (Wildman–Crippen LogP) is 7.22. The molecule has 2 aromatic rings. The molecule has 6 heteroatoms. The number of hydrogen-bond donors (Lipinski definition) is 2. The topological polar surface area (TPSA) is 52.6 Å². The zero-order valence-electron chi connectivity index (χ0n) is 23.1. The summed E-state index contributed by atoms with van der Waals surface area (Å²) in [6.07, 6.45) is 9.25. The number of likely N-dealkylation sites (tertiary alicyclic amines) is 1. The van der Waals surface area contributed by atoms with E-state index in [4.69, 9.17) is 0 Å². The lowest BCUT2D eigenvalue weighted by Gasteiger charge is -2.35. The minimum absolute atomic E-state index is 0. The third-order valence-corrected chi connectivity index (χ3v) is 8.49. The summed E-state index contributed by atoms with van der Waals surface area (Å²) in [6, 6.07) is 21.6. The second kappa shape index (κ2) is 16.5. The van der Waals surface area contributed by atoms with Crippen molar-refractivity contribution in [1.29, 1.82) is 0 Å². The van der Waals surface area contributed by atoms with Gasteiger partial charge < -0.3 is 15.3 Å². The molecular formula is C32H48Cl2N2O2. The Bertz CT molecular complexity index is 920. The standard InChI is InChI=1S/C32H46N2O2.2ClH/c1-24(2)20-31(32(35)36)33-29-21-28(30(22-29)27-14-7-4-8-15-27)23-34-18-16-26(17-19-34)13-9-12-25-10-5-3-6-11-25;;/h3-8,10-11,14-15,24,26,28-31,33H,9,12-13,16-23H2,1-2H3,(H,35,36);2*1H/t28?,29?,30?,31-;;/m1../s1. The average molecular weight is 564 g/mol. The van der Waals surface area contributed by atoms with Gasteiger partial charge in [-0.1, -0.05) is 80.9 Å². The molecule has 1 heterocycles. The van der Waals surface area contributed by atoms with Crippen molar-refractivity contribution < 1.29 is 9.90 Å². The molecule has 4 nitrogen and oxygen atoms in total. The molecule has 2 aromatic carbocycles. The fraction of sp³-hybridized carbons (Fsp3) is 0.594. The van der Waals surface area contributed by atoms with Crippen LogP contribution in [0.1, 0.15) is 75.8 Å². The molecule has 0 bridgehead atoms. The summed E-state index contributed by atoms with van der Waals surface area (Å²) in [5.74, 6) is 1.60. The fourth-order valence-electron chi connectivity index (χ4n) is 6.60. The smallest absolute Gasteiger partial charge is 0.320 e. The normalized spacial score (nSPS) is 23.0. The summed E-state index contributed by atoms with van der Waals surface area (Å²) in [5.41, 5.74) is 2.88. The van der Waals surface area contributed by atoms with Gasteiger partial charge in [0.15, 0.2) is 0 Å². The third kappa shape index (κ3) is 9.86. The lowest BCUT2D eigenvalue weighted by atomic mass is 9.87. The van der Waals surface area contributed by atoms with E-state index in [0.29, 0.717) is 24.2 Å². The Morgan fingerprint density at radius 3 is 2.21 bits per heavy atom. The highest BCUT2D eigenvalue weighted by Crippen LogP contribution is 2.41. The van der Waals surface area contributed by atoms with Gasteiger partial charge in [0.05, 0.1) is 0 Å². The fourth-order valence-corrected chi connectivity index (χ4v) is 6.60.